The fourth-order valence-corrected chi connectivity index (χ4v) is 2.67. The van der Waals surface area contributed by atoms with Gasteiger partial charge >= 0.3 is 11.8 Å². The topological polar surface area (TPSA) is 69.6 Å². The van der Waals surface area contributed by atoms with Crippen LogP contribution in [0, 0.1) is 5.92 Å². The first-order valence-electron chi connectivity index (χ1n) is 7.44. The van der Waals surface area contributed by atoms with Gasteiger partial charge in [0.25, 0.3) is 0 Å². The molecule has 1 aromatic rings. The van der Waals surface area contributed by atoms with Crippen molar-refractivity contribution in [1.29, 1.82) is 0 Å². The van der Waals surface area contributed by atoms with E-state index in [0.29, 0.717) is 18.8 Å². The summed E-state index contributed by atoms with van der Waals surface area (Å²) in [7, 11) is 0. The summed E-state index contributed by atoms with van der Waals surface area (Å²) < 4.78 is 0. The van der Waals surface area contributed by atoms with E-state index in [1.807, 2.05) is 25.1 Å². The minimum Gasteiger partial charge on any atom is -0.396 e. The van der Waals surface area contributed by atoms with Crippen molar-refractivity contribution < 1.29 is 14.7 Å². The molecule has 0 radical (unpaired) electrons. The Labute approximate surface area is 125 Å². The molecule has 1 fully saturated rings. The molecule has 1 aliphatic rings. The lowest BCUT2D eigenvalue weighted by Crippen LogP contribution is -2.45. The summed E-state index contributed by atoms with van der Waals surface area (Å²) in [5, 5.41) is 11.9. The molecular formula is C16H22N2O3. The number of likely N-dealkylation sites (tertiary alicyclic amines) is 1. The minimum atomic E-state index is -0.602. The number of aliphatic hydroxyl groups excluding tert-OH is 1. The number of amides is 2. The molecule has 0 saturated carbocycles. The molecule has 0 aromatic heterocycles. The Balaban J connectivity index is 2.01. The highest BCUT2D eigenvalue weighted by Gasteiger charge is 2.27. The second-order valence-electron chi connectivity index (χ2n) is 5.41. The van der Waals surface area contributed by atoms with Crippen molar-refractivity contribution >= 4 is 17.5 Å². The number of para-hydroxylation sites is 1. The van der Waals surface area contributed by atoms with E-state index in [1.54, 1.807) is 6.07 Å². The fraction of sp³-hybridized carbons (Fsp3) is 0.500. The Morgan fingerprint density at radius 1 is 1.38 bits per heavy atom. The van der Waals surface area contributed by atoms with Crippen molar-refractivity contribution in [3.63, 3.8) is 0 Å². The summed E-state index contributed by atoms with van der Waals surface area (Å²) in [5.41, 5.74) is 1.69. The lowest BCUT2D eigenvalue weighted by molar-refractivity contribution is -0.144. The molecule has 1 heterocycles. The van der Waals surface area contributed by atoms with Crippen LogP contribution in [0.1, 0.15) is 25.3 Å². The lowest BCUT2D eigenvalue weighted by Gasteiger charge is -2.31. The number of anilines is 1. The molecule has 1 aromatic carbocycles. The van der Waals surface area contributed by atoms with Gasteiger partial charge in [0.2, 0.25) is 0 Å². The molecule has 114 valence electrons. The molecule has 1 unspecified atom stereocenters. The molecule has 2 rings (SSSR count). The summed E-state index contributed by atoms with van der Waals surface area (Å²) in [6, 6.07) is 7.48. The number of benzene rings is 1. The summed E-state index contributed by atoms with van der Waals surface area (Å²) >= 11 is 0. The summed E-state index contributed by atoms with van der Waals surface area (Å²) in [6.07, 6.45) is 2.53. The van der Waals surface area contributed by atoms with Crippen LogP contribution in [0.15, 0.2) is 24.3 Å². The molecule has 0 bridgehead atoms. The van der Waals surface area contributed by atoms with E-state index in [2.05, 4.69) is 5.32 Å². The maximum atomic E-state index is 12.2. The van der Waals surface area contributed by atoms with Gasteiger partial charge in [0.15, 0.2) is 0 Å². The zero-order valence-corrected chi connectivity index (χ0v) is 12.3. The normalized spacial score (nSPS) is 18.4. The van der Waals surface area contributed by atoms with Crippen molar-refractivity contribution in [1.82, 2.24) is 4.90 Å². The Morgan fingerprint density at radius 2 is 2.14 bits per heavy atom. The van der Waals surface area contributed by atoms with E-state index in [-0.39, 0.29) is 12.5 Å². The van der Waals surface area contributed by atoms with E-state index in [4.69, 9.17) is 0 Å². The number of carbonyl (C=O) groups is 2. The van der Waals surface area contributed by atoms with Crippen molar-refractivity contribution in [2.24, 2.45) is 5.92 Å². The number of rotatable bonds is 3. The largest absolute Gasteiger partial charge is 0.396 e. The SMILES string of the molecule is CCc1ccccc1NC(=O)C(=O)N1CCCC(CO)C1. The minimum absolute atomic E-state index is 0.0596. The van der Waals surface area contributed by atoms with Crippen LogP contribution in [0.3, 0.4) is 0 Å². The molecule has 2 N–H and O–H groups in total. The highest BCUT2D eigenvalue weighted by molar-refractivity contribution is 6.39. The standard InChI is InChI=1S/C16H22N2O3/c1-2-13-7-3-4-8-14(13)17-15(20)16(21)18-9-5-6-12(10-18)11-19/h3-4,7-8,12,19H,2,5-6,9-11H2,1H3,(H,17,20). The second kappa shape index (κ2) is 7.22. The van der Waals surface area contributed by atoms with Crippen LogP contribution >= 0.6 is 0 Å². The van der Waals surface area contributed by atoms with Crippen LogP contribution in [0.2, 0.25) is 0 Å². The Hall–Kier alpha value is -1.88. The van der Waals surface area contributed by atoms with E-state index in [9.17, 15) is 14.7 Å². The number of piperidine rings is 1. The van der Waals surface area contributed by atoms with Gasteiger partial charge in [0.05, 0.1) is 0 Å². The number of aliphatic hydroxyl groups is 1. The smallest absolute Gasteiger partial charge is 0.313 e. The molecule has 0 spiro atoms. The first-order chi connectivity index (χ1) is 10.2. The Morgan fingerprint density at radius 3 is 2.86 bits per heavy atom. The first kappa shape index (κ1) is 15.5. The third-order valence-electron chi connectivity index (χ3n) is 3.91. The molecule has 1 aliphatic heterocycles. The van der Waals surface area contributed by atoms with Gasteiger partial charge in [-0.05, 0) is 36.8 Å². The number of hydrogen-bond acceptors (Lipinski definition) is 3. The van der Waals surface area contributed by atoms with Gasteiger partial charge in [-0.15, -0.1) is 0 Å². The number of carbonyl (C=O) groups excluding carboxylic acids is 2. The molecule has 21 heavy (non-hydrogen) atoms. The zero-order chi connectivity index (χ0) is 15.2. The maximum Gasteiger partial charge on any atom is 0.313 e. The van der Waals surface area contributed by atoms with Crippen molar-refractivity contribution in [2.75, 3.05) is 25.0 Å². The van der Waals surface area contributed by atoms with Gasteiger partial charge in [-0.2, -0.15) is 0 Å². The van der Waals surface area contributed by atoms with E-state index >= 15 is 0 Å². The van der Waals surface area contributed by atoms with Crippen LogP contribution in [0.25, 0.3) is 0 Å². The Bertz CT molecular complexity index is 516. The van der Waals surface area contributed by atoms with Gasteiger partial charge in [0, 0.05) is 25.4 Å². The first-order valence-corrected chi connectivity index (χ1v) is 7.44. The second-order valence-corrected chi connectivity index (χ2v) is 5.41. The van der Waals surface area contributed by atoms with E-state index in [1.165, 1.54) is 4.90 Å². The van der Waals surface area contributed by atoms with Gasteiger partial charge < -0.3 is 15.3 Å². The van der Waals surface area contributed by atoms with Gasteiger partial charge in [-0.1, -0.05) is 25.1 Å². The van der Waals surface area contributed by atoms with Crippen LogP contribution in [-0.2, 0) is 16.0 Å². The van der Waals surface area contributed by atoms with Gasteiger partial charge in [-0.25, -0.2) is 0 Å². The Kier molecular flexibility index (Phi) is 5.33. The summed E-state index contributed by atoms with van der Waals surface area (Å²) in [6.45, 7) is 3.10. The van der Waals surface area contributed by atoms with Gasteiger partial charge in [-0.3, -0.25) is 9.59 Å². The molecule has 2 amide bonds. The van der Waals surface area contributed by atoms with Crippen LogP contribution in [0.4, 0.5) is 5.69 Å². The molecule has 5 nitrogen and oxygen atoms in total. The number of aryl methyl sites for hydroxylation is 1. The number of hydrogen-bond donors (Lipinski definition) is 2. The maximum absolute atomic E-state index is 12.2. The summed E-state index contributed by atoms with van der Waals surface area (Å²) in [5.74, 6) is -1.04. The highest BCUT2D eigenvalue weighted by atomic mass is 16.3. The van der Waals surface area contributed by atoms with Crippen LogP contribution in [0.5, 0.6) is 0 Å². The van der Waals surface area contributed by atoms with Crippen molar-refractivity contribution in [2.45, 2.75) is 26.2 Å². The lowest BCUT2D eigenvalue weighted by atomic mass is 9.99. The zero-order valence-electron chi connectivity index (χ0n) is 12.3. The predicted molar refractivity (Wildman–Crippen MR) is 80.8 cm³/mol. The van der Waals surface area contributed by atoms with Crippen molar-refractivity contribution in [3.8, 4) is 0 Å². The number of nitrogens with zero attached hydrogens (tertiary/aromatic N) is 1. The molecule has 1 saturated heterocycles. The average Bonchev–Trinajstić information content (AvgIpc) is 2.54. The monoisotopic (exact) mass is 290 g/mol. The quantitative estimate of drug-likeness (QED) is 0.827. The van der Waals surface area contributed by atoms with E-state index < -0.39 is 11.8 Å². The van der Waals surface area contributed by atoms with Crippen LogP contribution in [-0.4, -0.2) is 41.5 Å². The third-order valence-corrected chi connectivity index (χ3v) is 3.91. The molecule has 1 atom stereocenters. The van der Waals surface area contributed by atoms with Crippen LogP contribution < -0.4 is 5.32 Å². The highest BCUT2D eigenvalue weighted by Crippen LogP contribution is 2.18. The number of nitrogens with one attached hydrogen (secondary N) is 1. The fourth-order valence-electron chi connectivity index (χ4n) is 2.67. The van der Waals surface area contributed by atoms with E-state index in [0.717, 1.165) is 24.8 Å². The average molecular weight is 290 g/mol. The van der Waals surface area contributed by atoms with Gasteiger partial charge in [0.1, 0.15) is 0 Å². The summed E-state index contributed by atoms with van der Waals surface area (Å²) in [4.78, 5) is 25.8. The molecule has 5 heteroatoms. The van der Waals surface area contributed by atoms with Crippen molar-refractivity contribution in [3.05, 3.63) is 29.8 Å². The molecular weight excluding hydrogens is 268 g/mol. The third kappa shape index (κ3) is 3.82. The predicted octanol–water partition coefficient (Wildman–Crippen LogP) is 1.42. The molecule has 0 aliphatic carbocycles.